The first-order valence-electron chi connectivity index (χ1n) is 8.11. The quantitative estimate of drug-likeness (QED) is 0.745. The molecule has 3 aromatic rings. The minimum Gasteiger partial charge on any atom is -0.497 e. The number of para-hydroxylation sites is 1. The number of hydrogen-bond acceptors (Lipinski definition) is 4. The van der Waals surface area contributed by atoms with E-state index in [1.54, 1.807) is 42.9 Å². The molecule has 1 N–H and O–H groups in total. The van der Waals surface area contributed by atoms with Crippen molar-refractivity contribution in [3.8, 4) is 5.75 Å². The van der Waals surface area contributed by atoms with Crippen molar-refractivity contribution in [1.82, 2.24) is 4.57 Å². The van der Waals surface area contributed by atoms with Crippen LogP contribution in [-0.4, -0.2) is 28.7 Å². The van der Waals surface area contributed by atoms with Gasteiger partial charge in [0.1, 0.15) is 11.8 Å². The van der Waals surface area contributed by atoms with Crippen LogP contribution in [0.1, 0.15) is 29.7 Å². The maximum Gasteiger partial charge on any atom is 0.326 e. The fraction of sp³-hybridized carbons (Fsp3) is 0.211. The molecule has 0 bridgehead atoms. The highest BCUT2D eigenvalue weighted by atomic mass is 32.1. The molecule has 7 heteroatoms. The van der Waals surface area contributed by atoms with Crippen LogP contribution < -0.4 is 9.54 Å². The molecule has 0 radical (unpaired) electrons. The van der Waals surface area contributed by atoms with Crippen LogP contribution in [0.4, 0.5) is 0 Å². The molecule has 1 unspecified atom stereocenters. The summed E-state index contributed by atoms with van der Waals surface area (Å²) in [5, 5.41) is 9.58. The molecule has 2 aromatic carbocycles. The number of nitrogens with zero attached hydrogens (tertiary/aromatic N) is 2. The van der Waals surface area contributed by atoms with Crippen molar-refractivity contribution in [3.63, 3.8) is 0 Å². The third-order valence-corrected chi connectivity index (χ3v) is 5.09. The number of ether oxygens (including phenoxy) is 1. The second kappa shape index (κ2) is 7.53. The van der Waals surface area contributed by atoms with E-state index in [0.29, 0.717) is 22.5 Å². The van der Waals surface area contributed by atoms with Gasteiger partial charge in [0.2, 0.25) is 0 Å². The SMILES string of the molecule is CCC(C(=O)O)n1/c(=N/C(=O)c2ccc(OC)cc2)sc2ccccc21. The fourth-order valence-corrected chi connectivity index (χ4v) is 3.79. The third-order valence-electron chi connectivity index (χ3n) is 4.05. The van der Waals surface area contributed by atoms with Crippen molar-refractivity contribution in [2.75, 3.05) is 7.11 Å². The summed E-state index contributed by atoms with van der Waals surface area (Å²) in [6.45, 7) is 1.80. The number of carbonyl (C=O) groups is 2. The first-order chi connectivity index (χ1) is 12.5. The Morgan fingerprint density at radius 2 is 1.88 bits per heavy atom. The summed E-state index contributed by atoms with van der Waals surface area (Å²) in [7, 11) is 1.55. The molecule has 26 heavy (non-hydrogen) atoms. The van der Waals surface area contributed by atoms with Crippen molar-refractivity contribution < 1.29 is 19.4 Å². The number of aliphatic carboxylic acids is 1. The Morgan fingerprint density at radius 1 is 1.19 bits per heavy atom. The molecule has 6 nitrogen and oxygen atoms in total. The van der Waals surface area contributed by atoms with Crippen LogP contribution >= 0.6 is 11.3 Å². The minimum absolute atomic E-state index is 0.376. The van der Waals surface area contributed by atoms with Crippen molar-refractivity contribution in [2.45, 2.75) is 19.4 Å². The number of carboxylic acid groups (broad SMARTS) is 1. The van der Waals surface area contributed by atoms with Gasteiger partial charge in [-0.3, -0.25) is 4.79 Å². The van der Waals surface area contributed by atoms with E-state index >= 15 is 0 Å². The van der Waals surface area contributed by atoms with Gasteiger partial charge in [0, 0.05) is 5.56 Å². The topological polar surface area (TPSA) is 80.9 Å². The molecule has 0 spiro atoms. The van der Waals surface area contributed by atoms with Gasteiger partial charge in [-0.1, -0.05) is 30.4 Å². The molecular weight excluding hydrogens is 352 g/mol. The van der Waals surface area contributed by atoms with Gasteiger partial charge in [0.05, 0.1) is 17.3 Å². The van der Waals surface area contributed by atoms with Gasteiger partial charge in [0.25, 0.3) is 5.91 Å². The molecule has 0 fully saturated rings. The van der Waals surface area contributed by atoms with E-state index in [-0.39, 0.29) is 0 Å². The number of carboxylic acids is 1. The third kappa shape index (κ3) is 3.39. The lowest BCUT2D eigenvalue weighted by atomic mass is 10.2. The van der Waals surface area contributed by atoms with Crippen LogP contribution in [-0.2, 0) is 4.79 Å². The van der Waals surface area contributed by atoms with E-state index in [1.807, 2.05) is 24.3 Å². The number of hydrogen-bond donors (Lipinski definition) is 1. The van der Waals surface area contributed by atoms with E-state index < -0.39 is 17.9 Å². The van der Waals surface area contributed by atoms with Gasteiger partial charge >= 0.3 is 5.97 Å². The largest absolute Gasteiger partial charge is 0.497 e. The number of carbonyl (C=O) groups excluding carboxylic acids is 1. The monoisotopic (exact) mass is 370 g/mol. The summed E-state index contributed by atoms with van der Waals surface area (Å²) in [6.07, 6.45) is 0.389. The number of aromatic nitrogens is 1. The van der Waals surface area contributed by atoms with E-state index in [0.717, 1.165) is 10.2 Å². The Balaban J connectivity index is 2.15. The summed E-state index contributed by atoms with van der Waals surface area (Å²) in [4.78, 5) is 28.8. The fourth-order valence-electron chi connectivity index (χ4n) is 2.72. The average molecular weight is 370 g/mol. The van der Waals surface area contributed by atoms with Crippen molar-refractivity contribution in [2.24, 2.45) is 4.99 Å². The summed E-state index contributed by atoms with van der Waals surface area (Å²) in [5.74, 6) is -0.724. The zero-order valence-electron chi connectivity index (χ0n) is 14.4. The summed E-state index contributed by atoms with van der Waals surface area (Å²) in [6, 6.07) is 13.3. The lowest BCUT2D eigenvalue weighted by molar-refractivity contribution is -0.140. The molecule has 1 amide bonds. The van der Waals surface area contributed by atoms with Crippen molar-refractivity contribution in [1.29, 1.82) is 0 Å². The molecule has 0 saturated heterocycles. The molecular formula is C19H18N2O4S. The molecule has 1 heterocycles. The number of fused-ring (bicyclic) bond motifs is 1. The molecule has 0 aliphatic heterocycles. The molecule has 0 aliphatic carbocycles. The van der Waals surface area contributed by atoms with Crippen molar-refractivity contribution in [3.05, 3.63) is 58.9 Å². The highest BCUT2D eigenvalue weighted by Crippen LogP contribution is 2.22. The standard InChI is InChI=1S/C19H18N2O4S/c1-3-14(18(23)24)21-15-6-4-5-7-16(15)26-19(21)20-17(22)12-8-10-13(25-2)11-9-12/h4-11,14H,3H2,1-2H3,(H,23,24)/b20-19-. The maximum absolute atomic E-state index is 12.6. The predicted molar refractivity (Wildman–Crippen MR) is 99.7 cm³/mol. The first kappa shape index (κ1) is 17.9. The van der Waals surface area contributed by atoms with Crippen LogP contribution in [0, 0.1) is 0 Å². The Bertz CT molecular complexity index is 1020. The normalized spacial score (nSPS) is 12.9. The molecule has 134 valence electrons. The van der Waals surface area contributed by atoms with Crippen LogP contribution in [0.5, 0.6) is 5.75 Å². The molecule has 1 atom stereocenters. The highest BCUT2D eigenvalue weighted by molar-refractivity contribution is 7.16. The summed E-state index contributed by atoms with van der Waals surface area (Å²) < 4.78 is 7.60. The smallest absolute Gasteiger partial charge is 0.326 e. The predicted octanol–water partition coefficient (Wildman–Crippen LogP) is 3.49. The molecule has 1 aromatic heterocycles. The van der Waals surface area contributed by atoms with Gasteiger partial charge in [-0.2, -0.15) is 4.99 Å². The lowest BCUT2D eigenvalue weighted by Gasteiger charge is -2.13. The van der Waals surface area contributed by atoms with Crippen LogP contribution in [0.2, 0.25) is 0 Å². The second-order valence-electron chi connectivity index (χ2n) is 5.63. The van der Waals surface area contributed by atoms with Gasteiger partial charge in [-0.05, 0) is 42.8 Å². The Morgan fingerprint density at radius 3 is 2.50 bits per heavy atom. The zero-order valence-corrected chi connectivity index (χ0v) is 15.2. The molecule has 3 rings (SSSR count). The first-order valence-corrected chi connectivity index (χ1v) is 8.92. The number of benzene rings is 2. The Hall–Kier alpha value is -2.93. The van der Waals surface area contributed by atoms with Gasteiger partial charge < -0.3 is 14.4 Å². The van der Waals surface area contributed by atoms with E-state index in [2.05, 4.69) is 4.99 Å². The van der Waals surface area contributed by atoms with Crippen LogP contribution in [0.15, 0.2) is 53.5 Å². The van der Waals surface area contributed by atoms with Gasteiger partial charge in [-0.15, -0.1) is 0 Å². The van der Waals surface area contributed by atoms with E-state index in [4.69, 9.17) is 4.74 Å². The lowest BCUT2D eigenvalue weighted by Crippen LogP contribution is -2.27. The van der Waals surface area contributed by atoms with Crippen LogP contribution in [0.3, 0.4) is 0 Å². The molecule has 0 aliphatic rings. The highest BCUT2D eigenvalue weighted by Gasteiger charge is 2.21. The second-order valence-corrected chi connectivity index (χ2v) is 6.64. The van der Waals surface area contributed by atoms with E-state index in [9.17, 15) is 14.7 Å². The number of thiazole rings is 1. The number of rotatable bonds is 5. The van der Waals surface area contributed by atoms with Gasteiger partial charge in [-0.25, -0.2) is 4.79 Å². The Labute approximate surface area is 154 Å². The number of amides is 1. The molecule has 0 saturated carbocycles. The summed E-state index contributed by atoms with van der Waals surface area (Å²) >= 11 is 1.30. The average Bonchev–Trinajstić information content (AvgIpc) is 3.00. The van der Waals surface area contributed by atoms with Crippen LogP contribution in [0.25, 0.3) is 10.2 Å². The number of methoxy groups -OCH3 is 1. The van der Waals surface area contributed by atoms with E-state index in [1.165, 1.54) is 11.3 Å². The summed E-state index contributed by atoms with van der Waals surface area (Å²) in [5.41, 5.74) is 1.17. The maximum atomic E-state index is 12.6. The Kier molecular flexibility index (Phi) is 5.18. The van der Waals surface area contributed by atoms with Gasteiger partial charge in [0.15, 0.2) is 4.80 Å². The minimum atomic E-state index is -0.950. The van der Waals surface area contributed by atoms with Crippen molar-refractivity contribution >= 4 is 33.4 Å². The zero-order chi connectivity index (χ0) is 18.7.